The fraction of sp³-hybridized carbons (Fsp3) is 0.667. The van der Waals surface area contributed by atoms with E-state index in [1.165, 1.54) is 0 Å². The molecule has 2 heterocycles. The number of hydrogen-bond acceptors (Lipinski definition) is 7. The number of hydrogen-bond donors (Lipinski definition) is 3. The third-order valence-corrected chi connectivity index (χ3v) is 1.83. The van der Waals surface area contributed by atoms with Crippen molar-refractivity contribution < 1.29 is 0 Å². The topological polar surface area (TPSA) is 121 Å². The molecule has 0 aliphatic heterocycles. The van der Waals surface area contributed by atoms with Crippen LogP contribution in [0, 0.1) is 0 Å². The van der Waals surface area contributed by atoms with Crippen molar-refractivity contribution in [2.24, 2.45) is 0 Å². The smallest absolute Gasteiger partial charge is 0.175 e. The first kappa shape index (κ1) is 9.65. The number of rotatable bonds is 6. The average Bonchev–Trinajstić information content (AvgIpc) is 2.88. The summed E-state index contributed by atoms with van der Waals surface area (Å²) in [5, 5.41) is 30.3. The first-order valence-corrected chi connectivity index (χ1v) is 4.60. The van der Waals surface area contributed by atoms with Gasteiger partial charge in [-0.15, -0.1) is 20.4 Å². The molecular weight excluding hydrogens is 198 g/mol. The minimum Gasteiger partial charge on any atom is -0.316 e. The zero-order chi connectivity index (χ0) is 10.3. The Morgan fingerprint density at radius 2 is 1.40 bits per heavy atom. The lowest BCUT2D eigenvalue weighted by molar-refractivity contribution is 0.655. The third-order valence-electron chi connectivity index (χ3n) is 1.83. The first-order chi connectivity index (χ1) is 7.45. The fourth-order valence-electron chi connectivity index (χ4n) is 1.10. The molecule has 2 rings (SSSR count). The normalized spacial score (nSPS) is 10.7. The SMILES string of the molecule is C(Cc1nn[nH]n1)NCCc1nn[nH]n1. The molecule has 0 radical (unpaired) electrons. The monoisotopic (exact) mass is 209 g/mol. The number of nitrogens with zero attached hydrogens (tertiary/aromatic N) is 6. The maximum absolute atomic E-state index is 3.84. The van der Waals surface area contributed by atoms with Crippen LogP contribution in [-0.4, -0.2) is 54.3 Å². The Morgan fingerprint density at radius 3 is 1.80 bits per heavy atom. The molecule has 2 aromatic heterocycles. The molecule has 0 fully saturated rings. The van der Waals surface area contributed by atoms with Gasteiger partial charge in [0.05, 0.1) is 0 Å². The van der Waals surface area contributed by atoms with Crippen LogP contribution < -0.4 is 5.32 Å². The van der Waals surface area contributed by atoms with E-state index in [1.807, 2.05) is 0 Å². The molecule has 0 aromatic carbocycles. The number of aromatic amines is 2. The highest BCUT2D eigenvalue weighted by molar-refractivity contribution is 4.79. The van der Waals surface area contributed by atoms with E-state index >= 15 is 0 Å². The predicted octanol–water partition coefficient (Wildman–Crippen LogP) is -1.91. The molecule has 3 N–H and O–H groups in total. The van der Waals surface area contributed by atoms with Crippen LogP contribution >= 0.6 is 0 Å². The maximum Gasteiger partial charge on any atom is 0.175 e. The Labute approximate surface area is 85.0 Å². The Kier molecular flexibility index (Phi) is 3.28. The summed E-state index contributed by atoms with van der Waals surface area (Å²) in [6.07, 6.45) is 1.51. The summed E-state index contributed by atoms with van der Waals surface area (Å²) in [6, 6.07) is 0. The van der Waals surface area contributed by atoms with Crippen molar-refractivity contribution in [3.63, 3.8) is 0 Å². The molecule has 2 aromatic rings. The van der Waals surface area contributed by atoms with Crippen molar-refractivity contribution in [1.82, 2.24) is 46.6 Å². The highest BCUT2D eigenvalue weighted by atomic mass is 15.5. The first-order valence-electron chi connectivity index (χ1n) is 4.60. The van der Waals surface area contributed by atoms with Crippen molar-refractivity contribution in [1.29, 1.82) is 0 Å². The highest BCUT2D eigenvalue weighted by Gasteiger charge is 1.99. The number of nitrogens with one attached hydrogen (secondary N) is 3. The van der Waals surface area contributed by atoms with Gasteiger partial charge >= 0.3 is 0 Å². The van der Waals surface area contributed by atoms with Crippen LogP contribution in [0.4, 0.5) is 0 Å². The van der Waals surface area contributed by atoms with E-state index in [2.05, 4.69) is 46.6 Å². The van der Waals surface area contributed by atoms with Crippen LogP contribution in [0.5, 0.6) is 0 Å². The average molecular weight is 209 g/mol. The number of H-pyrrole nitrogens is 2. The molecule has 0 spiro atoms. The van der Waals surface area contributed by atoms with E-state index in [0.29, 0.717) is 11.6 Å². The van der Waals surface area contributed by atoms with Gasteiger partial charge in [-0.3, -0.25) is 0 Å². The molecule has 0 aliphatic rings. The third kappa shape index (κ3) is 3.06. The standard InChI is InChI=1S/C6H11N9/c1(5-8-12-13-9-5)3-7-4-2-6-10-14-15-11-6/h7H,1-4H2,(H,8,9,12,13)(H,10,11,14,15). The van der Waals surface area contributed by atoms with Crippen molar-refractivity contribution in [2.45, 2.75) is 12.8 Å². The summed E-state index contributed by atoms with van der Waals surface area (Å²) in [5.41, 5.74) is 0. The zero-order valence-corrected chi connectivity index (χ0v) is 8.01. The molecule has 0 bridgehead atoms. The molecular formula is C6H11N9. The van der Waals surface area contributed by atoms with Crippen LogP contribution in [-0.2, 0) is 12.8 Å². The lowest BCUT2D eigenvalue weighted by Gasteiger charge is -1.99. The van der Waals surface area contributed by atoms with Crippen molar-refractivity contribution in [2.75, 3.05) is 13.1 Å². The van der Waals surface area contributed by atoms with E-state index in [4.69, 9.17) is 0 Å². The molecule has 0 unspecified atom stereocenters. The Hall–Kier alpha value is -1.90. The largest absolute Gasteiger partial charge is 0.316 e. The van der Waals surface area contributed by atoms with Crippen LogP contribution in [0.1, 0.15) is 11.6 Å². The molecule has 0 atom stereocenters. The molecule has 0 saturated carbocycles. The number of aromatic nitrogens is 8. The summed E-state index contributed by atoms with van der Waals surface area (Å²) in [6.45, 7) is 1.61. The number of tetrazole rings is 2. The van der Waals surface area contributed by atoms with Gasteiger partial charge in [0, 0.05) is 25.9 Å². The molecule has 80 valence electrons. The maximum atomic E-state index is 3.84. The Bertz CT molecular complexity index is 316. The molecule has 15 heavy (non-hydrogen) atoms. The highest BCUT2D eigenvalue weighted by Crippen LogP contribution is 1.85. The van der Waals surface area contributed by atoms with Gasteiger partial charge in [-0.25, -0.2) is 0 Å². The summed E-state index contributed by atoms with van der Waals surface area (Å²) in [5.74, 6) is 1.42. The summed E-state index contributed by atoms with van der Waals surface area (Å²) < 4.78 is 0. The quantitative estimate of drug-likeness (QED) is 0.474. The minimum absolute atomic E-state index is 0.710. The second-order valence-corrected chi connectivity index (χ2v) is 2.91. The molecule has 0 amide bonds. The van der Waals surface area contributed by atoms with Gasteiger partial charge in [0.15, 0.2) is 11.6 Å². The van der Waals surface area contributed by atoms with Gasteiger partial charge in [-0.05, 0) is 0 Å². The summed E-state index contributed by atoms with van der Waals surface area (Å²) in [7, 11) is 0. The predicted molar refractivity (Wildman–Crippen MR) is 48.6 cm³/mol. The minimum atomic E-state index is 0.710. The molecule has 0 aliphatic carbocycles. The van der Waals surface area contributed by atoms with Crippen molar-refractivity contribution in [3.8, 4) is 0 Å². The van der Waals surface area contributed by atoms with Crippen molar-refractivity contribution in [3.05, 3.63) is 11.6 Å². The zero-order valence-electron chi connectivity index (χ0n) is 8.01. The van der Waals surface area contributed by atoms with Gasteiger partial charge in [0.1, 0.15) is 0 Å². The fourth-order valence-corrected chi connectivity index (χ4v) is 1.10. The molecule has 9 heteroatoms. The van der Waals surface area contributed by atoms with Gasteiger partial charge in [-0.1, -0.05) is 10.4 Å². The second-order valence-electron chi connectivity index (χ2n) is 2.91. The van der Waals surface area contributed by atoms with Gasteiger partial charge in [-0.2, -0.15) is 10.4 Å². The van der Waals surface area contributed by atoms with E-state index in [-0.39, 0.29) is 0 Å². The van der Waals surface area contributed by atoms with E-state index in [0.717, 1.165) is 25.9 Å². The second kappa shape index (κ2) is 5.10. The van der Waals surface area contributed by atoms with E-state index in [9.17, 15) is 0 Å². The Morgan fingerprint density at radius 1 is 0.867 bits per heavy atom. The van der Waals surface area contributed by atoms with Gasteiger partial charge in [0.25, 0.3) is 0 Å². The van der Waals surface area contributed by atoms with Crippen molar-refractivity contribution >= 4 is 0 Å². The van der Waals surface area contributed by atoms with Crippen LogP contribution in [0.3, 0.4) is 0 Å². The van der Waals surface area contributed by atoms with Crippen LogP contribution in [0.25, 0.3) is 0 Å². The van der Waals surface area contributed by atoms with Gasteiger partial charge in [0.2, 0.25) is 0 Å². The lowest BCUT2D eigenvalue weighted by Crippen LogP contribution is -2.21. The molecule has 9 nitrogen and oxygen atoms in total. The van der Waals surface area contributed by atoms with Crippen LogP contribution in [0.15, 0.2) is 0 Å². The van der Waals surface area contributed by atoms with Gasteiger partial charge < -0.3 is 5.32 Å². The summed E-state index contributed by atoms with van der Waals surface area (Å²) in [4.78, 5) is 0. The van der Waals surface area contributed by atoms with E-state index < -0.39 is 0 Å². The Balaban J connectivity index is 1.56. The van der Waals surface area contributed by atoms with Crippen LogP contribution in [0.2, 0.25) is 0 Å². The lowest BCUT2D eigenvalue weighted by atomic mass is 10.3. The molecule has 0 saturated heterocycles. The van der Waals surface area contributed by atoms with E-state index in [1.54, 1.807) is 0 Å². The summed E-state index contributed by atoms with van der Waals surface area (Å²) >= 11 is 0.